The van der Waals surface area contributed by atoms with Crippen molar-refractivity contribution in [1.29, 1.82) is 0 Å². The van der Waals surface area contributed by atoms with Gasteiger partial charge in [0.2, 0.25) is 0 Å². The molecule has 1 heterocycles. The first-order chi connectivity index (χ1) is 8.04. The Morgan fingerprint density at radius 3 is 2.28 bits per heavy atom. The minimum absolute atomic E-state index is 0.280. The fourth-order valence-electron chi connectivity index (χ4n) is 1.36. The Bertz CT molecular complexity index is 404. The zero-order chi connectivity index (χ0) is 14.1. The third kappa shape index (κ3) is 3.92. The fraction of sp³-hybridized carbons (Fsp3) is 0.714. The zero-order valence-electron chi connectivity index (χ0n) is 12.6. The highest BCUT2D eigenvalue weighted by atomic mass is 79.9. The van der Waals surface area contributed by atoms with Gasteiger partial charge in [0.15, 0.2) is 8.32 Å². The maximum atomic E-state index is 6.26. The predicted octanol–water partition coefficient (Wildman–Crippen LogP) is 6.16. The van der Waals surface area contributed by atoms with E-state index in [1.165, 1.54) is 14.2 Å². The molecule has 0 aliphatic heterocycles. The summed E-state index contributed by atoms with van der Waals surface area (Å²) in [5, 5.41) is 0.280. The number of rotatable bonds is 4. The van der Waals surface area contributed by atoms with E-state index in [0.717, 1.165) is 6.61 Å². The van der Waals surface area contributed by atoms with Crippen molar-refractivity contribution in [3.05, 3.63) is 20.3 Å². The molecule has 0 fully saturated rings. The minimum Gasteiger partial charge on any atom is -0.412 e. The summed E-state index contributed by atoms with van der Waals surface area (Å²) in [7, 11) is -1.63. The summed E-state index contributed by atoms with van der Waals surface area (Å²) in [6.07, 6.45) is 0. The summed E-state index contributed by atoms with van der Waals surface area (Å²) < 4.78 is 7.49. The lowest BCUT2D eigenvalue weighted by atomic mass is 10.2. The van der Waals surface area contributed by atoms with Crippen molar-refractivity contribution < 1.29 is 4.43 Å². The summed E-state index contributed by atoms with van der Waals surface area (Å²) in [6.45, 7) is 16.7. The largest absolute Gasteiger partial charge is 0.412 e. The lowest BCUT2D eigenvalue weighted by Gasteiger charge is -2.36. The summed E-state index contributed by atoms with van der Waals surface area (Å²) in [5.74, 6) is 0.575. The van der Waals surface area contributed by atoms with E-state index in [0.29, 0.717) is 5.92 Å². The number of thiophene rings is 1. The van der Waals surface area contributed by atoms with Crippen LogP contribution in [0.2, 0.25) is 18.1 Å². The summed E-state index contributed by atoms with van der Waals surface area (Å²) in [6, 6.07) is 2.22. The van der Waals surface area contributed by atoms with Gasteiger partial charge in [-0.05, 0) is 46.0 Å². The molecule has 0 radical (unpaired) electrons. The molecule has 4 heteroatoms. The first kappa shape index (κ1) is 16.4. The molecule has 0 N–H and O–H groups in total. The van der Waals surface area contributed by atoms with Crippen molar-refractivity contribution in [2.45, 2.75) is 65.3 Å². The van der Waals surface area contributed by atoms with Crippen LogP contribution in [0.15, 0.2) is 10.5 Å². The Hall–Kier alpha value is 0.357. The van der Waals surface area contributed by atoms with E-state index >= 15 is 0 Å². The fourth-order valence-corrected chi connectivity index (χ4v) is 4.52. The molecule has 0 aliphatic rings. The van der Waals surface area contributed by atoms with Crippen LogP contribution in [0.5, 0.6) is 0 Å². The highest BCUT2D eigenvalue weighted by Gasteiger charge is 2.37. The molecule has 1 aromatic rings. The normalized spacial score (nSPS) is 13.4. The molecule has 0 unspecified atom stereocenters. The molecule has 0 spiro atoms. The molecule has 0 amide bonds. The van der Waals surface area contributed by atoms with Gasteiger partial charge in [-0.25, -0.2) is 0 Å². The second kappa shape index (κ2) is 5.78. The van der Waals surface area contributed by atoms with E-state index in [1.54, 1.807) is 0 Å². The first-order valence-electron chi connectivity index (χ1n) is 6.46. The van der Waals surface area contributed by atoms with E-state index in [4.69, 9.17) is 4.43 Å². The van der Waals surface area contributed by atoms with Crippen molar-refractivity contribution in [2.24, 2.45) is 0 Å². The van der Waals surface area contributed by atoms with Crippen LogP contribution in [-0.2, 0) is 11.0 Å². The SMILES string of the molecule is CC(C)c1sc(CO[Si](C)(C)C(C)(C)C)cc1Br. The highest BCUT2D eigenvalue weighted by molar-refractivity contribution is 9.10. The number of halogens is 1. The average molecular weight is 349 g/mol. The van der Waals surface area contributed by atoms with Gasteiger partial charge in [0.25, 0.3) is 0 Å². The van der Waals surface area contributed by atoms with Crippen LogP contribution in [0.25, 0.3) is 0 Å². The van der Waals surface area contributed by atoms with Gasteiger partial charge >= 0.3 is 0 Å². The third-order valence-electron chi connectivity index (χ3n) is 3.67. The summed E-state index contributed by atoms with van der Waals surface area (Å²) in [4.78, 5) is 2.75. The standard InChI is InChI=1S/C14H25BrOSSi/c1-10(2)13-12(15)8-11(17-13)9-16-18(6,7)14(3,4)5/h8,10H,9H2,1-7H3. The van der Waals surface area contributed by atoms with Gasteiger partial charge in [0, 0.05) is 14.2 Å². The summed E-state index contributed by atoms with van der Waals surface area (Å²) >= 11 is 5.51. The molecular formula is C14H25BrOSSi. The van der Waals surface area contributed by atoms with E-state index in [1.807, 2.05) is 11.3 Å². The Balaban J connectivity index is 2.73. The van der Waals surface area contributed by atoms with Gasteiger partial charge in [-0.2, -0.15) is 0 Å². The second-order valence-electron chi connectivity index (χ2n) is 6.63. The number of hydrogen-bond acceptors (Lipinski definition) is 2. The molecule has 0 aliphatic carbocycles. The molecular weight excluding hydrogens is 324 g/mol. The molecule has 0 saturated carbocycles. The maximum absolute atomic E-state index is 6.26. The average Bonchev–Trinajstić information content (AvgIpc) is 2.55. The van der Waals surface area contributed by atoms with Crippen molar-refractivity contribution in [3.8, 4) is 0 Å². The first-order valence-corrected chi connectivity index (χ1v) is 11.0. The van der Waals surface area contributed by atoms with Crippen LogP contribution < -0.4 is 0 Å². The van der Waals surface area contributed by atoms with Crippen LogP contribution in [0.3, 0.4) is 0 Å². The van der Waals surface area contributed by atoms with Gasteiger partial charge in [-0.1, -0.05) is 34.6 Å². The van der Waals surface area contributed by atoms with Gasteiger partial charge in [-0.3, -0.25) is 0 Å². The van der Waals surface area contributed by atoms with Crippen molar-refractivity contribution in [1.82, 2.24) is 0 Å². The number of hydrogen-bond donors (Lipinski definition) is 0. The van der Waals surface area contributed by atoms with E-state index in [2.05, 4.69) is 69.7 Å². The molecule has 0 bridgehead atoms. The smallest absolute Gasteiger partial charge is 0.192 e. The lowest BCUT2D eigenvalue weighted by Crippen LogP contribution is -2.40. The van der Waals surface area contributed by atoms with Crippen LogP contribution in [0.4, 0.5) is 0 Å². The van der Waals surface area contributed by atoms with Gasteiger partial charge < -0.3 is 4.43 Å². The predicted molar refractivity (Wildman–Crippen MR) is 88.1 cm³/mol. The van der Waals surface area contributed by atoms with Crippen LogP contribution >= 0.6 is 27.3 Å². The summed E-state index contributed by atoms with van der Waals surface area (Å²) in [5.41, 5.74) is 0. The lowest BCUT2D eigenvalue weighted by molar-refractivity contribution is 0.279. The third-order valence-corrected chi connectivity index (χ3v) is 10.5. The molecule has 104 valence electrons. The van der Waals surface area contributed by atoms with Gasteiger partial charge in [0.1, 0.15) is 0 Å². The molecule has 0 aromatic carbocycles. The van der Waals surface area contributed by atoms with Crippen LogP contribution in [-0.4, -0.2) is 8.32 Å². The maximum Gasteiger partial charge on any atom is 0.192 e. The van der Waals surface area contributed by atoms with Gasteiger partial charge in [-0.15, -0.1) is 11.3 Å². The zero-order valence-corrected chi connectivity index (χ0v) is 16.0. The minimum atomic E-state index is -1.63. The van der Waals surface area contributed by atoms with Crippen LogP contribution in [0, 0.1) is 0 Å². The molecule has 0 atom stereocenters. The monoisotopic (exact) mass is 348 g/mol. The van der Waals surface area contributed by atoms with Crippen LogP contribution in [0.1, 0.15) is 50.3 Å². The molecule has 18 heavy (non-hydrogen) atoms. The Kier molecular flexibility index (Phi) is 5.27. The van der Waals surface area contributed by atoms with E-state index in [9.17, 15) is 0 Å². The van der Waals surface area contributed by atoms with Crippen molar-refractivity contribution >= 4 is 35.6 Å². The van der Waals surface area contributed by atoms with Gasteiger partial charge in [0.05, 0.1) is 6.61 Å². The quantitative estimate of drug-likeness (QED) is 0.592. The topological polar surface area (TPSA) is 9.23 Å². The highest BCUT2D eigenvalue weighted by Crippen LogP contribution is 2.39. The van der Waals surface area contributed by atoms with E-state index in [-0.39, 0.29) is 5.04 Å². The van der Waals surface area contributed by atoms with Crippen molar-refractivity contribution in [2.75, 3.05) is 0 Å². The second-order valence-corrected chi connectivity index (χ2v) is 13.5. The Labute approximate surface area is 125 Å². The Morgan fingerprint density at radius 2 is 1.89 bits per heavy atom. The molecule has 1 aromatic heterocycles. The molecule has 1 rings (SSSR count). The Morgan fingerprint density at radius 1 is 1.33 bits per heavy atom. The van der Waals surface area contributed by atoms with Crippen molar-refractivity contribution in [3.63, 3.8) is 0 Å². The molecule has 0 saturated heterocycles. The molecule has 1 nitrogen and oxygen atoms in total. The van der Waals surface area contributed by atoms with E-state index < -0.39 is 8.32 Å².